The van der Waals surface area contributed by atoms with E-state index < -0.39 is 0 Å². The fourth-order valence-corrected chi connectivity index (χ4v) is 5.21. The van der Waals surface area contributed by atoms with Gasteiger partial charge in [-0.05, 0) is 37.5 Å². The third kappa shape index (κ3) is 4.26. The quantitative estimate of drug-likeness (QED) is 0.472. The van der Waals surface area contributed by atoms with Gasteiger partial charge in [-0.3, -0.25) is 14.2 Å². The molecular formula is C19H20ClN5O2S2. The van der Waals surface area contributed by atoms with E-state index in [4.69, 9.17) is 11.6 Å². The molecule has 1 aliphatic rings. The maximum atomic E-state index is 12.7. The molecule has 0 radical (unpaired) electrons. The lowest BCUT2D eigenvalue weighted by atomic mass is 10.2. The number of halogens is 1. The Balaban J connectivity index is 1.50. The first-order chi connectivity index (χ1) is 13.9. The van der Waals surface area contributed by atoms with E-state index in [9.17, 15) is 9.59 Å². The van der Waals surface area contributed by atoms with Crippen molar-refractivity contribution in [2.24, 2.45) is 7.05 Å². The highest BCUT2D eigenvalue weighted by Crippen LogP contribution is 2.29. The first kappa shape index (κ1) is 20.2. The summed E-state index contributed by atoms with van der Waals surface area (Å²) in [5.74, 6) is -0.106. The van der Waals surface area contributed by atoms with Crippen molar-refractivity contribution in [2.75, 3.05) is 29.1 Å². The second-order valence-electron chi connectivity index (χ2n) is 6.92. The van der Waals surface area contributed by atoms with Gasteiger partial charge in [0.2, 0.25) is 5.91 Å². The molecule has 1 fully saturated rings. The highest BCUT2D eigenvalue weighted by molar-refractivity contribution is 7.99. The van der Waals surface area contributed by atoms with Crippen LogP contribution < -0.4 is 15.8 Å². The molecule has 0 unspecified atom stereocenters. The summed E-state index contributed by atoms with van der Waals surface area (Å²) in [5, 5.41) is 4.59. The Bertz CT molecular complexity index is 1140. The number of carbonyl (C=O) groups excluding carboxylic acids is 1. The van der Waals surface area contributed by atoms with Gasteiger partial charge in [0.25, 0.3) is 5.56 Å². The SMILES string of the molecule is Cc1ccc(NC(=O)CSc2nc3nc(N4CCCC4)sc3c(=O)n2C)c(Cl)c1. The highest BCUT2D eigenvalue weighted by Gasteiger charge is 2.20. The van der Waals surface area contributed by atoms with E-state index in [0.717, 1.165) is 36.6 Å². The Hall–Kier alpha value is -2.10. The van der Waals surface area contributed by atoms with Crippen LogP contribution in [0.1, 0.15) is 18.4 Å². The number of hydrogen-bond acceptors (Lipinski definition) is 7. The number of nitrogens with one attached hydrogen (secondary N) is 1. The Kier molecular flexibility index (Phi) is 5.80. The molecule has 7 nitrogen and oxygen atoms in total. The largest absolute Gasteiger partial charge is 0.348 e. The van der Waals surface area contributed by atoms with Gasteiger partial charge < -0.3 is 10.2 Å². The Morgan fingerprint density at radius 3 is 2.79 bits per heavy atom. The Morgan fingerprint density at radius 1 is 1.31 bits per heavy atom. The van der Waals surface area contributed by atoms with Crippen LogP contribution in [0.2, 0.25) is 5.02 Å². The summed E-state index contributed by atoms with van der Waals surface area (Å²) >= 11 is 8.76. The molecule has 1 aliphatic heterocycles. The van der Waals surface area contributed by atoms with Crippen molar-refractivity contribution in [3.05, 3.63) is 39.1 Å². The topological polar surface area (TPSA) is 80.1 Å². The average Bonchev–Trinajstić information content (AvgIpc) is 3.35. The van der Waals surface area contributed by atoms with Crippen molar-refractivity contribution in [1.82, 2.24) is 14.5 Å². The van der Waals surface area contributed by atoms with Crippen LogP contribution in [-0.4, -0.2) is 39.3 Å². The standard InChI is InChI=1S/C19H20ClN5O2S2/c1-11-5-6-13(12(20)9-11)21-14(26)10-28-18-22-16-15(17(27)24(18)2)29-19(23-16)25-7-3-4-8-25/h5-6,9H,3-4,7-8,10H2,1-2H3,(H,21,26). The van der Waals surface area contributed by atoms with E-state index in [1.165, 1.54) is 27.7 Å². The van der Waals surface area contributed by atoms with Crippen LogP contribution in [0.25, 0.3) is 10.3 Å². The van der Waals surface area contributed by atoms with Gasteiger partial charge in [0.15, 0.2) is 15.9 Å². The number of aryl methyl sites for hydroxylation is 1. The maximum absolute atomic E-state index is 12.7. The van der Waals surface area contributed by atoms with Crippen molar-refractivity contribution in [1.29, 1.82) is 0 Å². The number of amides is 1. The summed E-state index contributed by atoms with van der Waals surface area (Å²) in [7, 11) is 1.67. The van der Waals surface area contributed by atoms with Crippen LogP contribution in [0, 0.1) is 6.92 Å². The van der Waals surface area contributed by atoms with Gasteiger partial charge in [0.1, 0.15) is 4.70 Å². The minimum Gasteiger partial charge on any atom is -0.348 e. The molecule has 2 aromatic heterocycles. The molecule has 3 aromatic rings. The molecule has 1 aromatic carbocycles. The fourth-order valence-electron chi connectivity index (χ4n) is 3.13. The number of anilines is 2. The normalized spacial score (nSPS) is 14.0. The van der Waals surface area contributed by atoms with Crippen LogP contribution in [0.5, 0.6) is 0 Å². The summed E-state index contributed by atoms with van der Waals surface area (Å²) < 4.78 is 2.03. The number of thiazole rings is 1. The molecule has 29 heavy (non-hydrogen) atoms. The molecule has 0 aliphatic carbocycles. The molecular weight excluding hydrogens is 430 g/mol. The van der Waals surface area contributed by atoms with Gasteiger partial charge in [-0.25, -0.2) is 4.98 Å². The van der Waals surface area contributed by atoms with Crippen molar-refractivity contribution in [3.8, 4) is 0 Å². The van der Waals surface area contributed by atoms with Crippen LogP contribution in [0.15, 0.2) is 28.2 Å². The van der Waals surface area contributed by atoms with E-state index in [1.807, 2.05) is 13.0 Å². The van der Waals surface area contributed by atoms with Gasteiger partial charge in [0.05, 0.1) is 16.5 Å². The van der Waals surface area contributed by atoms with Crippen LogP contribution >= 0.6 is 34.7 Å². The van der Waals surface area contributed by atoms with Gasteiger partial charge in [-0.1, -0.05) is 40.8 Å². The van der Waals surface area contributed by atoms with Gasteiger partial charge in [0, 0.05) is 20.1 Å². The lowest BCUT2D eigenvalue weighted by molar-refractivity contribution is -0.113. The van der Waals surface area contributed by atoms with E-state index >= 15 is 0 Å². The second-order valence-corrected chi connectivity index (χ2v) is 9.25. The lowest BCUT2D eigenvalue weighted by Crippen LogP contribution is -2.20. The second kappa shape index (κ2) is 8.33. The lowest BCUT2D eigenvalue weighted by Gasteiger charge is -2.11. The number of aromatic nitrogens is 3. The molecule has 0 spiro atoms. The van der Waals surface area contributed by atoms with Gasteiger partial charge in [-0.15, -0.1) is 0 Å². The molecule has 1 saturated heterocycles. The molecule has 10 heteroatoms. The zero-order valence-electron chi connectivity index (χ0n) is 16.1. The molecule has 0 bridgehead atoms. The maximum Gasteiger partial charge on any atom is 0.273 e. The molecule has 4 rings (SSSR count). The molecule has 1 amide bonds. The predicted molar refractivity (Wildman–Crippen MR) is 120 cm³/mol. The molecule has 3 heterocycles. The van der Waals surface area contributed by atoms with Gasteiger partial charge >= 0.3 is 0 Å². The van der Waals surface area contributed by atoms with Crippen molar-refractivity contribution >= 4 is 61.8 Å². The number of thioether (sulfide) groups is 1. The van der Waals surface area contributed by atoms with Crippen molar-refractivity contribution in [2.45, 2.75) is 24.9 Å². The number of fused-ring (bicyclic) bond motifs is 1. The van der Waals surface area contributed by atoms with Crippen molar-refractivity contribution in [3.63, 3.8) is 0 Å². The third-order valence-electron chi connectivity index (χ3n) is 4.69. The average molecular weight is 450 g/mol. The number of nitrogens with zero attached hydrogens (tertiary/aromatic N) is 4. The number of carbonyl (C=O) groups is 1. The minimum absolute atomic E-state index is 0.110. The van der Waals surface area contributed by atoms with E-state index in [0.29, 0.717) is 26.2 Å². The summed E-state index contributed by atoms with van der Waals surface area (Å²) in [6.07, 6.45) is 2.28. The summed E-state index contributed by atoms with van der Waals surface area (Å²) in [6.45, 7) is 3.86. The van der Waals surface area contributed by atoms with E-state index in [1.54, 1.807) is 19.2 Å². The summed E-state index contributed by atoms with van der Waals surface area (Å²) in [4.78, 5) is 36.3. The van der Waals surface area contributed by atoms with Gasteiger partial charge in [-0.2, -0.15) is 4.98 Å². The van der Waals surface area contributed by atoms with Crippen molar-refractivity contribution < 1.29 is 4.79 Å². The molecule has 152 valence electrons. The smallest absolute Gasteiger partial charge is 0.273 e. The number of rotatable bonds is 5. The number of hydrogen-bond donors (Lipinski definition) is 1. The van der Waals surface area contributed by atoms with E-state index in [2.05, 4.69) is 20.2 Å². The molecule has 0 saturated carbocycles. The van der Waals surface area contributed by atoms with Crippen LogP contribution in [-0.2, 0) is 11.8 Å². The monoisotopic (exact) mass is 449 g/mol. The molecule has 0 atom stereocenters. The summed E-state index contributed by atoms with van der Waals surface area (Å²) in [5.41, 5.74) is 1.90. The third-order valence-corrected chi connectivity index (χ3v) is 7.13. The molecule has 1 N–H and O–H groups in total. The summed E-state index contributed by atoms with van der Waals surface area (Å²) in [6, 6.07) is 5.45. The first-order valence-electron chi connectivity index (χ1n) is 9.23. The minimum atomic E-state index is -0.217. The number of benzene rings is 1. The zero-order chi connectivity index (χ0) is 20.5. The Morgan fingerprint density at radius 2 is 2.07 bits per heavy atom. The Labute approximate surface area is 181 Å². The predicted octanol–water partition coefficient (Wildman–Crippen LogP) is 3.68. The van der Waals surface area contributed by atoms with E-state index in [-0.39, 0.29) is 17.2 Å². The highest BCUT2D eigenvalue weighted by atomic mass is 35.5. The first-order valence-corrected chi connectivity index (χ1v) is 11.4. The fraction of sp³-hybridized carbons (Fsp3) is 0.368. The van der Waals surface area contributed by atoms with Crippen LogP contribution in [0.3, 0.4) is 0 Å². The zero-order valence-corrected chi connectivity index (χ0v) is 18.5. The van der Waals surface area contributed by atoms with Crippen LogP contribution in [0.4, 0.5) is 10.8 Å².